The van der Waals surface area contributed by atoms with Crippen molar-refractivity contribution in [3.05, 3.63) is 99.5 Å². The Morgan fingerprint density at radius 3 is 2.40 bits per heavy atom. The van der Waals surface area contributed by atoms with Crippen molar-refractivity contribution < 1.29 is 27.1 Å². The van der Waals surface area contributed by atoms with Crippen molar-refractivity contribution >= 4 is 51.1 Å². The number of amides is 1. The lowest BCUT2D eigenvalue weighted by Crippen LogP contribution is -2.31. The topological polar surface area (TPSA) is 99.5 Å². The van der Waals surface area contributed by atoms with Crippen molar-refractivity contribution in [1.82, 2.24) is 14.3 Å². The maximum absolute atomic E-state index is 13.8. The van der Waals surface area contributed by atoms with Crippen molar-refractivity contribution in [2.75, 3.05) is 13.7 Å². The van der Waals surface area contributed by atoms with Crippen molar-refractivity contribution in [2.24, 2.45) is 0 Å². The van der Waals surface area contributed by atoms with Gasteiger partial charge in [-0.1, -0.05) is 60.9 Å². The summed E-state index contributed by atoms with van der Waals surface area (Å²) in [6.45, 7) is 5.67. The number of hydrogen-bond donors (Lipinski definition) is 1. The molecule has 0 atom stereocenters. The van der Waals surface area contributed by atoms with Gasteiger partial charge < -0.3 is 9.47 Å². The van der Waals surface area contributed by atoms with E-state index in [1.165, 1.54) is 36.0 Å². The molecule has 1 amide bonds. The van der Waals surface area contributed by atoms with Crippen LogP contribution < -0.4 is 9.46 Å². The van der Waals surface area contributed by atoms with Crippen molar-refractivity contribution in [3.63, 3.8) is 0 Å². The Hall–Kier alpha value is -3.25. The number of nitrogens with one attached hydrogen (secondary N) is 1. The predicted molar refractivity (Wildman–Crippen MR) is 162 cm³/mol. The quantitative estimate of drug-likeness (QED) is 0.179. The molecule has 0 bridgehead atoms. The Morgan fingerprint density at radius 1 is 1.07 bits per heavy atom. The molecule has 0 aliphatic rings. The maximum atomic E-state index is 13.8. The molecule has 1 aromatic heterocycles. The summed E-state index contributed by atoms with van der Waals surface area (Å²) in [7, 11) is -2.61. The lowest BCUT2D eigenvalue weighted by Gasteiger charge is -2.28. The van der Waals surface area contributed by atoms with Crippen LogP contribution in [0.1, 0.15) is 37.6 Å². The third-order valence-electron chi connectivity index (χ3n) is 6.51. The summed E-state index contributed by atoms with van der Waals surface area (Å²) in [6.07, 6.45) is 0.693. The number of sulfonamides is 1. The van der Waals surface area contributed by atoms with Crippen molar-refractivity contribution in [1.29, 1.82) is 0 Å². The molecule has 0 aliphatic carbocycles. The van der Waals surface area contributed by atoms with E-state index in [1.807, 2.05) is 41.3 Å². The number of rotatable bonds is 10. The van der Waals surface area contributed by atoms with E-state index in [-0.39, 0.29) is 22.3 Å². The minimum absolute atomic E-state index is 0.0265. The summed E-state index contributed by atoms with van der Waals surface area (Å²) in [5.74, 6) is 0.540. The monoisotopic (exact) mass is 651 g/mol. The molecule has 0 saturated heterocycles. The molecule has 13 heteroatoms. The van der Waals surface area contributed by atoms with Crippen LogP contribution in [0.5, 0.6) is 5.75 Å². The van der Waals surface area contributed by atoms with Gasteiger partial charge in [0.1, 0.15) is 11.6 Å². The number of ether oxygens (including phenoxy) is 2. The average Bonchev–Trinajstić information content (AvgIpc) is 3.37. The number of methoxy groups -OCH3 is 1. The molecule has 8 nitrogen and oxygen atoms in total. The first kappa shape index (κ1) is 31.7. The highest BCUT2D eigenvalue weighted by molar-refractivity contribution is 7.98. The zero-order chi connectivity index (χ0) is 30.7. The first-order valence-corrected chi connectivity index (χ1v) is 15.9. The van der Waals surface area contributed by atoms with Crippen LogP contribution in [0.15, 0.2) is 76.9 Å². The third kappa shape index (κ3) is 6.86. The zero-order valence-corrected chi connectivity index (χ0v) is 26.3. The summed E-state index contributed by atoms with van der Waals surface area (Å²) in [5, 5.41) is 1.28. The molecule has 4 rings (SSSR count). The van der Waals surface area contributed by atoms with Gasteiger partial charge in [0.15, 0.2) is 5.16 Å². The highest BCUT2D eigenvalue weighted by Gasteiger charge is 2.30. The van der Waals surface area contributed by atoms with Gasteiger partial charge in [-0.3, -0.25) is 4.57 Å². The van der Waals surface area contributed by atoms with Gasteiger partial charge in [0, 0.05) is 21.9 Å². The Morgan fingerprint density at radius 2 is 1.79 bits per heavy atom. The van der Waals surface area contributed by atoms with E-state index >= 15 is 0 Å². The summed E-state index contributed by atoms with van der Waals surface area (Å²) in [4.78, 5) is 16.1. The van der Waals surface area contributed by atoms with E-state index in [4.69, 9.17) is 27.9 Å². The summed E-state index contributed by atoms with van der Waals surface area (Å²) in [6, 6.07) is 15.9. The molecule has 1 N–H and O–H groups in total. The summed E-state index contributed by atoms with van der Waals surface area (Å²) in [5.41, 5.74) is 2.53. The van der Waals surface area contributed by atoms with Crippen LogP contribution in [-0.4, -0.2) is 37.8 Å². The number of carbonyl (C=O) groups is 1. The second-order valence-corrected chi connectivity index (χ2v) is 13.0. The lowest BCUT2D eigenvalue weighted by atomic mass is 9.81. The summed E-state index contributed by atoms with van der Waals surface area (Å²) < 4.78 is 52.6. The molecule has 1 heterocycles. The number of aromatic nitrogens is 2. The lowest BCUT2D eigenvalue weighted by molar-refractivity contribution is 0.158. The molecule has 0 spiro atoms. The number of halogens is 3. The van der Waals surface area contributed by atoms with Gasteiger partial charge in [0.25, 0.3) is 10.0 Å². The molecule has 0 unspecified atom stereocenters. The fourth-order valence-corrected chi connectivity index (χ4v) is 6.77. The van der Waals surface area contributed by atoms with Gasteiger partial charge in [0.05, 0.1) is 35.5 Å². The van der Waals surface area contributed by atoms with Crippen LogP contribution in [0.2, 0.25) is 10.0 Å². The van der Waals surface area contributed by atoms with Gasteiger partial charge in [-0.05, 0) is 66.6 Å². The Balaban J connectivity index is 1.67. The number of nitrogens with zero attached hydrogens (tertiary/aromatic N) is 2. The van der Waals surface area contributed by atoms with Crippen LogP contribution in [-0.2, 0) is 25.9 Å². The van der Waals surface area contributed by atoms with Crippen molar-refractivity contribution in [3.8, 4) is 11.4 Å². The minimum Gasteiger partial charge on any atom is -0.495 e. The minimum atomic E-state index is -4.16. The SMILES string of the molecule is CCOC(=O)NS(=O)(=O)c1ccc(CSc2ncc(C(C)(C)c3ccc(OC)c(Cl)c3)n2-c2ccc(F)cc2)c(Cl)c1. The first-order valence-electron chi connectivity index (χ1n) is 12.7. The van der Waals surface area contributed by atoms with E-state index in [1.54, 1.807) is 38.4 Å². The molecule has 0 saturated carbocycles. The number of carbonyl (C=O) groups excluding carboxylic acids is 1. The van der Waals surface area contributed by atoms with Gasteiger partial charge in [-0.2, -0.15) is 0 Å². The van der Waals surface area contributed by atoms with Gasteiger partial charge in [-0.25, -0.2) is 27.3 Å². The van der Waals surface area contributed by atoms with Crippen LogP contribution in [0, 0.1) is 5.82 Å². The smallest absolute Gasteiger partial charge is 0.421 e. The normalized spacial score (nSPS) is 11.8. The molecule has 0 radical (unpaired) electrons. The van der Waals surface area contributed by atoms with E-state index in [0.29, 0.717) is 32.9 Å². The fraction of sp³-hybridized carbons (Fsp3) is 0.241. The van der Waals surface area contributed by atoms with Gasteiger partial charge >= 0.3 is 6.09 Å². The Labute approximate surface area is 258 Å². The number of hydrogen-bond acceptors (Lipinski definition) is 7. The van der Waals surface area contributed by atoms with E-state index < -0.39 is 21.5 Å². The first-order chi connectivity index (χ1) is 19.9. The highest BCUT2D eigenvalue weighted by Crippen LogP contribution is 2.39. The van der Waals surface area contributed by atoms with Crippen molar-refractivity contribution in [2.45, 2.75) is 42.0 Å². The third-order valence-corrected chi connectivity index (χ3v) is 9.47. The molecule has 42 heavy (non-hydrogen) atoms. The molecule has 222 valence electrons. The zero-order valence-electron chi connectivity index (χ0n) is 23.2. The second kappa shape index (κ2) is 12.9. The largest absolute Gasteiger partial charge is 0.495 e. The molecular formula is C29H28Cl2FN3O5S2. The van der Waals surface area contributed by atoms with E-state index in [0.717, 1.165) is 11.3 Å². The Bertz CT molecular complexity index is 1710. The number of imidazole rings is 1. The Kier molecular flexibility index (Phi) is 9.77. The van der Waals surface area contributed by atoms with Gasteiger partial charge in [0.2, 0.25) is 0 Å². The van der Waals surface area contributed by atoms with E-state index in [9.17, 15) is 17.6 Å². The molecule has 0 fully saturated rings. The van der Waals surface area contributed by atoms with E-state index in [2.05, 4.69) is 9.72 Å². The molecule has 4 aromatic rings. The van der Waals surface area contributed by atoms with Crippen LogP contribution >= 0.6 is 35.0 Å². The molecular weight excluding hydrogens is 624 g/mol. The molecule has 0 aliphatic heterocycles. The van der Waals surface area contributed by atoms with Crippen LogP contribution in [0.4, 0.5) is 9.18 Å². The average molecular weight is 653 g/mol. The maximum Gasteiger partial charge on any atom is 0.421 e. The standard InChI is InChI=1S/C29H28Cl2FN3O5S2/c1-5-40-28(36)34-42(37,38)22-12-6-18(23(30)15-22)17-41-27-33-16-26(35(27)21-10-8-20(32)9-11-21)29(2,3)19-7-13-25(39-4)24(31)14-19/h6-16H,5,17H2,1-4H3,(H,34,36). The number of benzene rings is 3. The number of thioether (sulfide) groups is 1. The predicted octanol–water partition coefficient (Wildman–Crippen LogP) is 7.38. The van der Waals surface area contributed by atoms with Gasteiger partial charge in [-0.15, -0.1) is 0 Å². The summed E-state index contributed by atoms with van der Waals surface area (Å²) >= 11 is 14.3. The fourth-order valence-electron chi connectivity index (χ4n) is 4.20. The molecule has 3 aromatic carbocycles. The second-order valence-electron chi connectivity index (χ2n) is 9.58. The van der Waals surface area contributed by atoms with Crippen LogP contribution in [0.3, 0.4) is 0 Å². The van der Waals surface area contributed by atoms with Crippen LogP contribution in [0.25, 0.3) is 5.69 Å². The highest BCUT2D eigenvalue weighted by atomic mass is 35.5.